The van der Waals surface area contributed by atoms with E-state index in [1.54, 1.807) is 24.3 Å². The number of carbonyl (C=O) groups excluding carboxylic acids is 1. The molecule has 1 aromatic carbocycles. The van der Waals surface area contributed by atoms with Crippen LogP contribution in [0.4, 0.5) is 0 Å². The average molecular weight is 212 g/mol. The molecule has 0 aliphatic heterocycles. The van der Waals surface area contributed by atoms with E-state index in [0.29, 0.717) is 10.6 Å². The number of hydrogen-bond donors (Lipinski definition) is 1. The fraction of sp³-hybridized carbons (Fsp3) is 0.364. The quantitative estimate of drug-likeness (QED) is 0.819. The molecule has 1 aromatic rings. The van der Waals surface area contributed by atoms with E-state index in [9.17, 15) is 4.79 Å². The molecule has 0 fully saturated rings. The number of rotatable bonds is 3. The smallest absolute Gasteiger partial charge is 0.251 e. The van der Waals surface area contributed by atoms with Gasteiger partial charge in [0.1, 0.15) is 0 Å². The predicted octanol–water partition coefficient (Wildman–Crippen LogP) is 2.87. The van der Waals surface area contributed by atoms with Crippen molar-refractivity contribution in [2.45, 2.75) is 26.3 Å². The normalized spacial score (nSPS) is 12.2. The zero-order valence-electron chi connectivity index (χ0n) is 8.38. The fourth-order valence-corrected chi connectivity index (χ4v) is 1.23. The second kappa shape index (κ2) is 5.01. The summed E-state index contributed by atoms with van der Waals surface area (Å²) >= 11 is 5.78. The van der Waals surface area contributed by atoms with Crippen molar-refractivity contribution in [3.8, 4) is 0 Å². The molecule has 2 nitrogen and oxygen atoms in total. The van der Waals surface area contributed by atoms with Gasteiger partial charge in [0.25, 0.3) is 5.91 Å². The first kappa shape index (κ1) is 11.1. The monoisotopic (exact) mass is 211 g/mol. The highest BCUT2D eigenvalue weighted by molar-refractivity contribution is 6.30. The van der Waals surface area contributed by atoms with Gasteiger partial charge in [-0.2, -0.15) is 0 Å². The Kier molecular flexibility index (Phi) is 3.96. The number of nitrogens with one attached hydrogen (secondary N) is 1. The maximum absolute atomic E-state index is 11.6. The van der Waals surface area contributed by atoms with E-state index in [-0.39, 0.29) is 11.9 Å². The first-order valence-electron chi connectivity index (χ1n) is 4.70. The van der Waals surface area contributed by atoms with Gasteiger partial charge in [-0.05, 0) is 31.5 Å². The van der Waals surface area contributed by atoms with Crippen molar-refractivity contribution in [3.05, 3.63) is 34.9 Å². The minimum Gasteiger partial charge on any atom is -0.350 e. The zero-order valence-corrected chi connectivity index (χ0v) is 9.14. The van der Waals surface area contributed by atoms with E-state index in [1.165, 1.54) is 0 Å². The second-order valence-corrected chi connectivity index (χ2v) is 3.73. The summed E-state index contributed by atoms with van der Waals surface area (Å²) in [7, 11) is 0. The van der Waals surface area contributed by atoms with Crippen molar-refractivity contribution in [1.29, 1.82) is 0 Å². The Hall–Kier alpha value is -1.02. The third kappa shape index (κ3) is 3.04. The lowest BCUT2D eigenvalue weighted by molar-refractivity contribution is 0.0939. The molecule has 3 heteroatoms. The molecule has 0 saturated heterocycles. The third-order valence-electron chi connectivity index (χ3n) is 2.08. The van der Waals surface area contributed by atoms with E-state index >= 15 is 0 Å². The second-order valence-electron chi connectivity index (χ2n) is 3.29. The molecule has 0 bridgehead atoms. The van der Waals surface area contributed by atoms with Crippen molar-refractivity contribution >= 4 is 17.5 Å². The number of carbonyl (C=O) groups is 1. The minimum absolute atomic E-state index is 0.0677. The maximum atomic E-state index is 11.6. The number of halogens is 1. The lowest BCUT2D eigenvalue weighted by atomic mass is 10.2. The highest BCUT2D eigenvalue weighted by Gasteiger charge is 2.07. The standard InChI is InChI=1S/C11H14ClNO/c1-3-8(2)13-11(14)9-5-4-6-10(12)7-9/h4-8H,3H2,1-2H3,(H,13,14)/t8-/m0/s1. The SMILES string of the molecule is CC[C@H](C)NC(=O)c1cccc(Cl)c1. The Balaban J connectivity index is 2.70. The Morgan fingerprint density at radius 3 is 2.86 bits per heavy atom. The molecule has 1 amide bonds. The van der Waals surface area contributed by atoms with Gasteiger partial charge >= 0.3 is 0 Å². The van der Waals surface area contributed by atoms with Crippen molar-refractivity contribution in [1.82, 2.24) is 5.32 Å². The van der Waals surface area contributed by atoms with Gasteiger partial charge in [0, 0.05) is 16.6 Å². The van der Waals surface area contributed by atoms with Gasteiger partial charge in [-0.1, -0.05) is 24.6 Å². The van der Waals surface area contributed by atoms with Crippen molar-refractivity contribution in [3.63, 3.8) is 0 Å². The molecule has 0 aliphatic rings. The molecule has 76 valence electrons. The topological polar surface area (TPSA) is 29.1 Å². The number of benzene rings is 1. The van der Waals surface area contributed by atoms with Crippen LogP contribution in [-0.4, -0.2) is 11.9 Å². The Labute approximate surface area is 89.3 Å². The summed E-state index contributed by atoms with van der Waals surface area (Å²) in [5.41, 5.74) is 0.609. The summed E-state index contributed by atoms with van der Waals surface area (Å²) in [6.07, 6.45) is 0.923. The zero-order chi connectivity index (χ0) is 10.6. The average Bonchev–Trinajstić information content (AvgIpc) is 2.17. The molecular formula is C11H14ClNO. The van der Waals surface area contributed by atoms with Gasteiger partial charge in [-0.3, -0.25) is 4.79 Å². The Morgan fingerprint density at radius 2 is 2.29 bits per heavy atom. The molecule has 1 rings (SSSR count). The molecule has 0 saturated carbocycles. The molecule has 0 heterocycles. The van der Waals surface area contributed by atoms with E-state index in [4.69, 9.17) is 11.6 Å². The van der Waals surface area contributed by atoms with Crippen LogP contribution in [0.2, 0.25) is 5.02 Å². The molecule has 0 aromatic heterocycles. The van der Waals surface area contributed by atoms with Gasteiger partial charge in [0.2, 0.25) is 0 Å². The maximum Gasteiger partial charge on any atom is 0.251 e. The van der Waals surface area contributed by atoms with Crippen LogP contribution in [0.3, 0.4) is 0 Å². The summed E-state index contributed by atoms with van der Waals surface area (Å²) in [6, 6.07) is 7.14. The summed E-state index contributed by atoms with van der Waals surface area (Å²) in [6.45, 7) is 4.01. The van der Waals surface area contributed by atoms with Crippen molar-refractivity contribution < 1.29 is 4.79 Å². The van der Waals surface area contributed by atoms with Crippen LogP contribution >= 0.6 is 11.6 Å². The fourth-order valence-electron chi connectivity index (χ4n) is 1.04. The van der Waals surface area contributed by atoms with Gasteiger partial charge in [-0.25, -0.2) is 0 Å². The minimum atomic E-state index is -0.0677. The van der Waals surface area contributed by atoms with E-state index in [0.717, 1.165) is 6.42 Å². The first-order chi connectivity index (χ1) is 6.63. The van der Waals surface area contributed by atoms with Crippen LogP contribution in [0.25, 0.3) is 0 Å². The molecule has 0 spiro atoms. The van der Waals surface area contributed by atoms with E-state index in [1.807, 2.05) is 13.8 Å². The largest absolute Gasteiger partial charge is 0.350 e. The summed E-state index contributed by atoms with van der Waals surface area (Å²) in [5.74, 6) is -0.0677. The van der Waals surface area contributed by atoms with Gasteiger partial charge in [0.05, 0.1) is 0 Å². The third-order valence-corrected chi connectivity index (χ3v) is 2.31. The van der Waals surface area contributed by atoms with Gasteiger partial charge in [-0.15, -0.1) is 0 Å². The van der Waals surface area contributed by atoms with Gasteiger partial charge in [0.15, 0.2) is 0 Å². The summed E-state index contributed by atoms with van der Waals surface area (Å²) in [4.78, 5) is 11.6. The van der Waals surface area contributed by atoms with Crippen LogP contribution in [0, 0.1) is 0 Å². The van der Waals surface area contributed by atoms with Gasteiger partial charge < -0.3 is 5.32 Å². The molecule has 14 heavy (non-hydrogen) atoms. The summed E-state index contributed by atoms with van der Waals surface area (Å²) < 4.78 is 0. The van der Waals surface area contributed by atoms with Crippen LogP contribution in [0.1, 0.15) is 30.6 Å². The first-order valence-corrected chi connectivity index (χ1v) is 5.07. The predicted molar refractivity (Wildman–Crippen MR) is 58.7 cm³/mol. The van der Waals surface area contributed by atoms with Crippen molar-refractivity contribution in [2.24, 2.45) is 0 Å². The number of amides is 1. The molecule has 0 aliphatic carbocycles. The lowest BCUT2D eigenvalue weighted by Crippen LogP contribution is -2.31. The van der Waals surface area contributed by atoms with Crippen molar-refractivity contribution in [2.75, 3.05) is 0 Å². The highest BCUT2D eigenvalue weighted by atomic mass is 35.5. The molecule has 0 unspecified atom stereocenters. The van der Waals surface area contributed by atoms with Crippen LogP contribution in [0.15, 0.2) is 24.3 Å². The van der Waals surface area contributed by atoms with Crippen LogP contribution in [-0.2, 0) is 0 Å². The van der Waals surface area contributed by atoms with Crippen LogP contribution in [0.5, 0.6) is 0 Å². The highest BCUT2D eigenvalue weighted by Crippen LogP contribution is 2.10. The molecule has 0 radical (unpaired) electrons. The lowest BCUT2D eigenvalue weighted by Gasteiger charge is -2.11. The Morgan fingerprint density at radius 1 is 1.57 bits per heavy atom. The van der Waals surface area contributed by atoms with Crippen LogP contribution < -0.4 is 5.32 Å². The molecule has 1 N–H and O–H groups in total. The summed E-state index contributed by atoms with van der Waals surface area (Å²) in [5, 5.41) is 3.46. The van der Waals surface area contributed by atoms with E-state index in [2.05, 4.69) is 5.32 Å². The Bertz CT molecular complexity index is 325. The molecular weight excluding hydrogens is 198 g/mol. The van der Waals surface area contributed by atoms with E-state index < -0.39 is 0 Å². The molecule has 1 atom stereocenters. The number of hydrogen-bond acceptors (Lipinski definition) is 1.